The van der Waals surface area contributed by atoms with Crippen LogP contribution in [0.3, 0.4) is 0 Å². The zero-order valence-electron chi connectivity index (χ0n) is 56.7. The molecule has 0 fully saturated rings. The summed E-state index contributed by atoms with van der Waals surface area (Å²) in [4.78, 5) is 104. The van der Waals surface area contributed by atoms with E-state index in [0.29, 0.717) is 57.9 Å². The maximum Gasteiger partial charge on any atom is 0.358 e. The number of thiophene rings is 4. The second-order valence-corrected chi connectivity index (χ2v) is 26.3. The number of hydrogen-bond donors (Lipinski definition) is 5. The summed E-state index contributed by atoms with van der Waals surface area (Å²) in [5.74, 6) is -0.518. The van der Waals surface area contributed by atoms with E-state index in [1.165, 1.54) is 45.3 Å². The summed E-state index contributed by atoms with van der Waals surface area (Å²) in [6, 6.07) is 26.7. The number of halogens is 2. The molecule has 0 saturated carbocycles. The number of nitrogens with one attached hydrogen (secondary N) is 4. The van der Waals surface area contributed by atoms with Crippen molar-refractivity contribution in [1.82, 2.24) is 75.4 Å². The topological polar surface area (TPSA) is 328 Å². The third kappa shape index (κ3) is 20.6. The molecular weight excluding hydrogens is 1410 g/mol. The van der Waals surface area contributed by atoms with Crippen LogP contribution in [0.25, 0.3) is 40.9 Å². The van der Waals surface area contributed by atoms with Crippen LogP contribution in [0.4, 0.5) is 11.9 Å². The second-order valence-electron chi connectivity index (χ2n) is 22.0. The first-order valence-corrected chi connectivity index (χ1v) is 37.0. The Morgan fingerprint density at radius 2 is 0.696 bits per heavy atom. The van der Waals surface area contributed by atoms with Crippen molar-refractivity contribution in [2.24, 2.45) is 5.73 Å². The number of aromatic nitrogens is 13. The molecule has 0 spiro atoms. The number of amides is 2. The van der Waals surface area contributed by atoms with E-state index >= 15 is 0 Å². The summed E-state index contributed by atoms with van der Waals surface area (Å²) in [6.07, 6.45) is 21.8. The number of anilines is 2. The molecular formula is C72H74Cl2N18O6S4. The van der Waals surface area contributed by atoms with Crippen molar-refractivity contribution in [3.05, 3.63) is 230 Å². The van der Waals surface area contributed by atoms with E-state index in [9.17, 15) is 19.2 Å². The molecule has 0 aliphatic heterocycles. The minimum absolute atomic E-state index is 0.000481. The molecule has 0 bridgehead atoms. The molecule has 0 radical (unpaired) electrons. The first kappa shape index (κ1) is 76.1. The highest BCUT2D eigenvalue weighted by atomic mass is 35.5. The highest BCUT2D eigenvalue weighted by Crippen LogP contribution is 2.31. The monoisotopic (exact) mass is 1480 g/mol. The number of nitrogens with two attached hydrogens (primary N) is 1. The van der Waals surface area contributed by atoms with Gasteiger partial charge in [-0.2, -0.15) is 0 Å². The van der Waals surface area contributed by atoms with Gasteiger partial charge in [-0.1, -0.05) is 65.0 Å². The third-order valence-electron chi connectivity index (χ3n) is 15.3. The summed E-state index contributed by atoms with van der Waals surface area (Å²) in [6.45, 7) is 14.4. The van der Waals surface area contributed by atoms with E-state index in [4.69, 9.17) is 38.4 Å². The normalized spacial score (nSPS) is 12.3. The molecule has 526 valence electrons. The van der Waals surface area contributed by atoms with Crippen LogP contribution >= 0.6 is 68.5 Å². The fourth-order valence-electron chi connectivity index (χ4n) is 10.1. The van der Waals surface area contributed by atoms with E-state index in [0.717, 1.165) is 85.1 Å². The first-order chi connectivity index (χ1) is 49.7. The molecule has 30 heteroatoms. The third-order valence-corrected chi connectivity index (χ3v) is 19.3. The van der Waals surface area contributed by atoms with Crippen molar-refractivity contribution in [1.29, 1.82) is 0 Å². The summed E-state index contributed by atoms with van der Waals surface area (Å²) in [7, 11) is 0. The number of ether oxygens (including phenoxy) is 2. The lowest BCUT2D eigenvalue weighted by Crippen LogP contribution is -2.29. The molecule has 0 aliphatic carbocycles. The molecule has 2 amide bonds. The smallest absolute Gasteiger partial charge is 0.358 e. The highest BCUT2D eigenvalue weighted by Gasteiger charge is 2.24. The molecule has 13 heterocycles. The van der Waals surface area contributed by atoms with Crippen molar-refractivity contribution < 1.29 is 28.7 Å². The van der Waals surface area contributed by atoms with E-state index in [1.807, 2.05) is 133 Å². The molecule has 0 aliphatic rings. The average molecular weight is 1490 g/mol. The molecule has 6 N–H and O–H groups in total. The highest BCUT2D eigenvalue weighted by molar-refractivity contribution is 7.18. The van der Waals surface area contributed by atoms with Gasteiger partial charge >= 0.3 is 11.9 Å². The minimum Gasteiger partial charge on any atom is -0.461 e. The Balaban J connectivity index is 0.000000155. The molecule has 0 aromatic carbocycles. The predicted molar refractivity (Wildman–Crippen MR) is 404 cm³/mol. The lowest BCUT2D eigenvalue weighted by atomic mass is 10.1. The number of rotatable bonds is 22. The largest absolute Gasteiger partial charge is 0.461 e. The summed E-state index contributed by atoms with van der Waals surface area (Å²) < 4.78 is 13.0. The van der Waals surface area contributed by atoms with Crippen molar-refractivity contribution in [3.8, 4) is 0 Å². The minimum atomic E-state index is -0.464. The fourth-order valence-corrected chi connectivity index (χ4v) is 13.7. The van der Waals surface area contributed by atoms with Crippen molar-refractivity contribution >= 4 is 145 Å². The standard InChI is InChI=1S/C23H24N6OS.C17H18N4O2S.C15H13ClN4OS.C9H7ClN2O2S.C8H12N2/c1-3-17(15-7-5-10-24-13-15)26-22(30)20-21-19(9-12-31-21)28-23(29-20)27-18(4-2)16-8-6-11-25-14-16;1-3-12(11-6-5-8-18-10-11)19-17-20-13-7-9-24-15(13)14(21-17)16(22)23-4-2;1-2-10(9-4-3-6-17-8-9)18-14(21)12-13-11(5-7-22-13)19-15(16)20-12;1-2-14-8(13)6-7-5(3-4-15-7)11-9(10)12-6;1-2-8(9)7-4-3-5-10-6-7/h5-14,17-18H,3-4H2,1-2H3,(H,26,30)(H,27,28,29);5-10,12H,3-4H2,1-2H3,(H,19,20,21);3-8,10H,2H2,1H3,(H,18,21);3-4H,2H2,1H3;3-6,8H,2,9H2,1H3. The summed E-state index contributed by atoms with van der Waals surface area (Å²) in [5, 5.41) is 20.4. The number of carbonyl (C=O) groups excluding carboxylic acids is 4. The maximum absolute atomic E-state index is 13.2. The second kappa shape index (κ2) is 38.7. The van der Waals surface area contributed by atoms with Crippen LogP contribution in [0.1, 0.15) is 181 Å². The Morgan fingerprint density at radius 1 is 0.392 bits per heavy atom. The molecule has 0 saturated heterocycles. The zero-order valence-corrected chi connectivity index (χ0v) is 61.5. The number of nitrogens with zero attached hydrogens (tertiary/aromatic N) is 13. The van der Waals surface area contributed by atoms with E-state index < -0.39 is 11.9 Å². The Morgan fingerprint density at radius 3 is 1.03 bits per heavy atom. The van der Waals surface area contributed by atoms with Gasteiger partial charge < -0.3 is 36.5 Å². The van der Waals surface area contributed by atoms with E-state index in [-0.39, 0.29) is 58.3 Å². The number of hydrogen-bond acceptors (Lipinski definition) is 26. The molecule has 5 unspecified atom stereocenters. The van der Waals surface area contributed by atoms with Crippen molar-refractivity contribution in [2.45, 2.75) is 111 Å². The molecule has 13 aromatic rings. The molecule has 5 atom stereocenters. The van der Waals surface area contributed by atoms with Gasteiger partial charge in [-0.25, -0.2) is 49.5 Å². The number of pyridine rings is 5. The number of fused-ring (bicyclic) bond motifs is 4. The fraction of sp³-hybridized carbons (Fsp3) is 0.264. The van der Waals surface area contributed by atoms with Gasteiger partial charge in [0.2, 0.25) is 22.5 Å². The van der Waals surface area contributed by atoms with Gasteiger partial charge in [0.1, 0.15) is 0 Å². The molecule has 102 heavy (non-hydrogen) atoms. The number of esters is 2. The van der Waals surface area contributed by atoms with E-state index in [1.54, 1.807) is 63.3 Å². The number of carbonyl (C=O) groups is 4. The van der Waals surface area contributed by atoms with Gasteiger partial charge in [0.05, 0.1) is 78.2 Å². The molecule has 13 aromatic heterocycles. The predicted octanol–water partition coefficient (Wildman–Crippen LogP) is 16.4. The van der Waals surface area contributed by atoms with Crippen LogP contribution in [0.15, 0.2) is 168 Å². The van der Waals surface area contributed by atoms with Crippen LogP contribution in [-0.4, -0.2) is 102 Å². The quantitative estimate of drug-likeness (QED) is 0.0311. The maximum atomic E-state index is 13.2. The average Bonchev–Trinajstić information content (AvgIpc) is 1.58. The van der Waals surface area contributed by atoms with E-state index in [2.05, 4.69) is 107 Å². The van der Waals surface area contributed by atoms with Gasteiger partial charge in [-0.05, 0) is 173 Å². The summed E-state index contributed by atoms with van der Waals surface area (Å²) >= 11 is 17.3. The Kier molecular flexibility index (Phi) is 28.8. The van der Waals surface area contributed by atoms with Crippen LogP contribution < -0.4 is 27.0 Å². The molecule has 13 rings (SSSR count). The van der Waals surface area contributed by atoms with Crippen molar-refractivity contribution in [2.75, 3.05) is 23.8 Å². The zero-order chi connectivity index (χ0) is 72.3. The van der Waals surface area contributed by atoms with Crippen LogP contribution in [-0.2, 0) is 9.47 Å². The lowest BCUT2D eigenvalue weighted by molar-refractivity contribution is 0.0513. The van der Waals surface area contributed by atoms with Crippen LogP contribution in [0.2, 0.25) is 10.6 Å². The van der Waals surface area contributed by atoms with Gasteiger partial charge in [0.25, 0.3) is 11.8 Å². The van der Waals surface area contributed by atoms with Crippen LogP contribution in [0, 0.1) is 0 Å². The van der Waals surface area contributed by atoms with Gasteiger partial charge in [-0.15, -0.1) is 45.3 Å². The Bertz CT molecular complexity index is 4820. The van der Waals surface area contributed by atoms with Gasteiger partial charge in [-0.3, -0.25) is 34.5 Å². The van der Waals surface area contributed by atoms with Crippen molar-refractivity contribution in [3.63, 3.8) is 0 Å². The first-order valence-electron chi connectivity index (χ1n) is 32.7. The Hall–Kier alpha value is -10.1. The summed E-state index contributed by atoms with van der Waals surface area (Å²) in [5.41, 5.74) is 15.0. The Labute approximate surface area is 614 Å². The van der Waals surface area contributed by atoms with Gasteiger partial charge in [0, 0.05) is 68.0 Å². The van der Waals surface area contributed by atoms with Gasteiger partial charge in [0.15, 0.2) is 22.8 Å². The van der Waals surface area contributed by atoms with Crippen LogP contribution in [0.5, 0.6) is 0 Å². The SMILES string of the molecule is CCC(N)c1cccnc1.CCC(NC(=O)c1nc(Cl)nc2ccsc12)c1cccnc1.CCC(NC(=O)c1nc(NC(CC)c2cccnc2)nc2ccsc12)c1cccnc1.CCOC(=O)c1nc(Cl)nc2ccsc12.CCOC(=O)c1nc(NC(CC)c2cccnc2)nc2ccsc12. The molecule has 24 nitrogen and oxygen atoms in total. The lowest BCUT2D eigenvalue weighted by Gasteiger charge is -2.19.